The first-order valence-corrected chi connectivity index (χ1v) is 6.57. The molecule has 0 aliphatic carbocycles. The molecule has 0 aliphatic rings. The summed E-state index contributed by atoms with van der Waals surface area (Å²) in [6, 6.07) is 1.26. The number of carbonyl (C=O) groups is 3. The molecule has 0 heterocycles. The minimum absolute atomic E-state index is 0.0179. The Morgan fingerprint density at radius 3 is 2.36 bits per heavy atom. The molecule has 3 N–H and O–H groups in total. The van der Waals surface area contributed by atoms with Crippen LogP contribution in [-0.4, -0.2) is 40.0 Å². The first kappa shape index (κ1) is 19.9. The Kier molecular flexibility index (Phi) is 6.03. The highest BCUT2D eigenvalue weighted by Crippen LogP contribution is 2.26. The van der Waals surface area contributed by atoms with Crippen LogP contribution in [0.5, 0.6) is 0 Å². The number of carbonyl (C=O) groups excluding carboxylic acids is 2. The van der Waals surface area contributed by atoms with Gasteiger partial charge >= 0.3 is 18.1 Å². The summed E-state index contributed by atoms with van der Waals surface area (Å²) in [6.45, 7) is 1.12. The number of hydrogen-bond acceptors (Lipinski definition) is 5. The summed E-state index contributed by atoms with van der Waals surface area (Å²) in [6.07, 6.45) is -5.90. The van der Waals surface area contributed by atoms with Crippen molar-refractivity contribution >= 4 is 29.2 Å². The minimum atomic E-state index is -5.27. The molecule has 0 spiro atoms. The monoisotopic (exact) mass is 363 g/mol. The van der Waals surface area contributed by atoms with E-state index in [1.165, 1.54) is 11.4 Å². The molecule has 25 heavy (non-hydrogen) atoms. The fourth-order valence-electron chi connectivity index (χ4n) is 1.83. The Labute approximate surface area is 138 Å². The highest BCUT2D eigenvalue weighted by Gasteiger charge is 2.40. The molecule has 1 aromatic rings. The van der Waals surface area contributed by atoms with Crippen LogP contribution in [0.2, 0.25) is 0 Å². The van der Waals surface area contributed by atoms with Gasteiger partial charge in [-0.2, -0.15) is 13.2 Å². The van der Waals surface area contributed by atoms with Crippen molar-refractivity contribution in [1.29, 1.82) is 0 Å². The van der Waals surface area contributed by atoms with E-state index in [1.807, 2.05) is 0 Å². The first-order chi connectivity index (χ1) is 11.4. The van der Waals surface area contributed by atoms with Crippen LogP contribution in [0.3, 0.4) is 0 Å². The molecule has 0 fully saturated rings. The van der Waals surface area contributed by atoms with Crippen LogP contribution in [-0.2, 0) is 20.8 Å². The van der Waals surface area contributed by atoms with E-state index in [1.54, 1.807) is 0 Å². The quantitative estimate of drug-likeness (QED) is 0.513. The minimum Gasteiger partial charge on any atom is -0.480 e. The molecule has 0 saturated heterocycles. The highest BCUT2D eigenvalue weighted by atomic mass is 19.4. The van der Waals surface area contributed by atoms with Gasteiger partial charge in [0.05, 0.1) is 4.92 Å². The normalized spacial score (nSPS) is 12.2. The number of nitro benzene ring substituents is 1. The molecule has 12 heteroatoms. The molecular formula is C13H12F3N3O6. The lowest BCUT2D eigenvalue weighted by Crippen LogP contribution is -2.47. The van der Waals surface area contributed by atoms with Crippen LogP contribution in [0.4, 0.5) is 24.5 Å². The Balaban J connectivity index is 3.08. The lowest BCUT2D eigenvalue weighted by molar-refractivity contribution is -0.384. The number of nitro groups is 1. The Morgan fingerprint density at radius 1 is 1.32 bits per heavy atom. The fraction of sp³-hybridized carbons (Fsp3) is 0.308. The molecule has 2 amide bonds. The van der Waals surface area contributed by atoms with Gasteiger partial charge < -0.3 is 15.7 Å². The maximum atomic E-state index is 12.2. The zero-order valence-electron chi connectivity index (χ0n) is 12.6. The lowest BCUT2D eigenvalue weighted by atomic mass is 10.0. The van der Waals surface area contributed by atoms with Crippen molar-refractivity contribution in [2.75, 3.05) is 5.32 Å². The van der Waals surface area contributed by atoms with Crippen molar-refractivity contribution in [2.45, 2.75) is 25.6 Å². The summed E-state index contributed by atoms with van der Waals surface area (Å²) < 4.78 is 36.7. The molecule has 0 aromatic heterocycles. The maximum Gasteiger partial charge on any atom is 0.471 e. The summed E-state index contributed by atoms with van der Waals surface area (Å²) in [7, 11) is 0. The van der Waals surface area contributed by atoms with Crippen molar-refractivity contribution < 1.29 is 37.6 Å². The van der Waals surface area contributed by atoms with Crippen LogP contribution in [0.25, 0.3) is 0 Å². The van der Waals surface area contributed by atoms with Gasteiger partial charge in [0, 0.05) is 19.4 Å². The number of benzene rings is 1. The number of aliphatic carboxylic acids is 1. The molecular weight excluding hydrogens is 351 g/mol. The smallest absolute Gasteiger partial charge is 0.471 e. The largest absolute Gasteiger partial charge is 0.480 e. The predicted molar refractivity (Wildman–Crippen MR) is 76.7 cm³/mol. The van der Waals surface area contributed by atoms with Gasteiger partial charge in [0.25, 0.3) is 5.69 Å². The zero-order valence-corrected chi connectivity index (χ0v) is 12.6. The third-order valence-electron chi connectivity index (χ3n) is 2.87. The van der Waals surface area contributed by atoms with Crippen LogP contribution in [0, 0.1) is 10.1 Å². The van der Waals surface area contributed by atoms with Gasteiger partial charge in [-0.15, -0.1) is 0 Å². The average Bonchev–Trinajstić information content (AvgIpc) is 2.45. The van der Waals surface area contributed by atoms with E-state index in [4.69, 9.17) is 5.11 Å². The standard InChI is InChI=1S/C13H12F3N3O6/c1-6(20)17-8-3-2-7(5-10(8)19(24)25)4-9(11(21)22)18-12(23)13(14,15)16/h2-3,5,9H,4H2,1H3,(H,17,20)(H,18,23)(H,21,22)/t9-/m0/s1. The SMILES string of the molecule is CC(=O)Nc1ccc(C[C@H](NC(=O)C(F)(F)F)C(=O)O)cc1[N+](=O)[O-]. The third kappa shape index (κ3) is 5.75. The number of alkyl halides is 3. The van der Waals surface area contributed by atoms with Gasteiger partial charge in [0.15, 0.2) is 0 Å². The van der Waals surface area contributed by atoms with Gasteiger partial charge in [0.1, 0.15) is 11.7 Å². The predicted octanol–water partition coefficient (Wildman–Crippen LogP) is 1.23. The lowest BCUT2D eigenvalue weighted by Gasteiger charge is -2.16. The van der Waals surface area contributed by atoms with Gasteiger partial charge in [0.2, 0.25) is 5.91 Å². The van der Waals surface area contributed by atoms with Gasteiger partial charge in [-0.1, -0.05) is 6.07 Å². The third-order valence-corrected chi connectivity index (χ3v) is 2.87. The fourth-order valence-corrected chi connectivity index (χ4v) is 1.83. The number of carboxylic acid groups (broad SMARTS) is 1. The van der Waals surface area contributed by atoms with Crippen LogP contribution < -0.4 is 10.6 Å². The Bertz CT molecular complexity index is 719. The molecule has 9 nitrogen and oxygen atoms in total. The van der Waals surface area contributed by atoms with Crippen molar-refractivity contribution in [3.8, 4) is 0 Å². The number of carboxylic acids is 1. The van der Waals surface area contributed by atoms with Gasteiger partial charge in [-0.05, 0) is 11.6 Å². The number of halogens is 3. The molecule has 1 rings (SSSR count). The van der Waals surface area contributed by atoms with Crippen LogP contribution in [0.15, 0.2) is 18.2 Å². The van der Waals surface area contributed by atoms with Crippen molar-refractivity contribution in [1.82, 2.24) is 5.32 Å². The summed E-state index contributed by atoms with van der Waals surface area (Å²) in [5.41, 5.74) is -0.748. The topological polar surface area (TPSA) is 139 Å². The second kappa shape index (κ2) is 7.59. The first-order valence-electron chi connectivity index (χ1n) is 6.57. The van der Waals surface area contributed by atoms with E-state index < -0.39 is 47.0 Å². The summed E-state index contributed by atoms with van der Waals surface area (Å²) in [5.74, 6) is -4.77. The molecule has 0 saturated carbocycles. The second-order valence-corrected chi connectivity index (χ2v) is 4.86. The molecule has 0 unspecified atom stereocenters. The summed E-state index contributed by atoms with van der Waals surface area (Å²) in [5, 5.41) is 23.4. The van der Waals surface area contributed by atoms with E-state index in [0.717, 1.165) is 19.1 Å². The highest BCUT2D eigenvalue weighted by molar-refractivity contribution is 5.91. The maximum absolute atomic E-state index is 12.2. The zero-order chi connectivity index (χ0) is 19.4. The average molecular weight is 363 g/mol. The van der Waals surface area contributed by atoms with E-state index in [0.29, 0.717) is 0 Å². The number of nitrogens with one attached hydrogen (secondary N) is 2. The van der Waals surface area contributed by atoms with E-state index in [-0.39, 0.29) is 11.3 Å². The number of nitrogens with zero attached hydrogens (tertiary/aromatic N) is 1. The molecule has 1 aromatic carbocycles. The summed E-state index contributed by atoms with van der Waals surface area (Å²) >= 11 is 0. The van der Waals surface area contributed by atoms with Crippen LogP contribution >= 0.6 is 0 Å². The summed E-state index contributed by atoms with van der Waals surface area (Å²) in [4.78, 5) is 43.0. The Hall–Kier alpha value is -3.18. The van der Waals surface area contributed by atoms with E-state index >= 15 is 0 Å². The molecule has 0 aliphatic heterocycles. The number of amides is 2. The second-order valence-electron chi connectivity index (χ2n) is 4.86. The van der Waals surface area contributed by atoms with E-state index in [2.05, 4.69) is 5.32 Å². The van der Waals surface area contributed by atoms with Crippen molar-refractivity contribution in [3.63, 3.8) is 0 Å². The van der Waals surface area contributed by atoms with Gasteiger partial charge in [-0.3, -0.25) is 19.7 Å². The number of anilines is 1. The van der Waals surface area contributed by atoms with Crippen molar-refractivity contribution in [2.24, 2.45) is 0 Å². The van der Waals surface area contributed by atoms with E-state index in [9.17, 15) is 37.7 Å². The van der Waals surface area contributed by atoms with Crippen molar-refractivity contribution in [3.05, 3.63) is 33.9 Å². The van der Waals surface area contributed by atoms with Crippen LogP contribution in [0.1, 0.15) is 12.5 Å². The molecule has 136 valence electrons. The Morgan fingerprint density at radius 2 is 1.92 bits per heavy atom. The molecule has 1 atom stereocenters. The number of rotatable bonds is 6. The van der Waals surface area contributed by atoms with Gasteiger partial charge in [-0.25, -0.2) is 4.79 Å². The number of hydrogen-bond donors (Lipinski definition) is 3. The molecule has 0 bridgehead atoms. The molecule has 0 radical (unpaired) electrons.